The fraction of sp³-hybridized carbons (Fsp3) is 0.250. The van der Waals surface area contributed by atoms with Crippen LogP contribution in [0, 0.1) is 15.9 Å². The average Bonchev–Trinajstić information content (AvgIpc) is 2.17. The van der Waals surface area contributed by atoms with Gasteiger partial charge in [-0.25, -0.2) is 0 Å². The molecule has 0 fully saturated rings. The Hall–Kier alpha value is -0.490. The fourth-order valence-corrected chi connectivity index (χ4v) is 1.83. The third-order valence-corrected chi connectivity index (χ3v) is 3.60. The van der Waals surface area contributed by atoms with Gasteiger partial charge in [-0.15, -0.1) is 0 Å². The van der Waals surface area contributed by atoms with Crippen molar-refractivity contribution < 1.29 is 14.1 Å². The van der Waals surface area contributed by atoms with Crippen LogP contribution in [-0.4, -0.2) is 17.7 Å². The highest BCUT2D eigenvalue weighted by Gasteiger charge is 2.20. The van der Waals surface area contributed by atoms with E-state index in [2.05, 4.69) is 22.0 Å². The van der Waals surface area contributed by atoms with Gasteiger partial charge in [-0.3, -0.25) is 10.1 Å². The molecule has 0 aromatic heterocycles. The van der Waals surface area contributed by atoms with Crippen LogP contribution in [0.15, 0.2) is 18.2 Å². The third kappa shape index (κ3) is 3.53. The summed E-state index contributed by atoms with van der Waals surface area (Å²) in [5.41, 5.74) is -0.589. The van der Waals surface area contributed by atoms with Crippen LogP contribution in [-0.2, 0) is 0 Å². The average molecular weight is 343 g/mol. The summed E-state index contributed by atoms with van der Waals surface area (Å²) in [6, 6.07) is 3.84. The Balaban J connectivity index is 2.86. The molecule has 0 bridgehead atoms. The molecule has 0 aliphatic rings. The number of hydrogen-bond donors (Lipinski definition) is 0. The van der Waals surface area contributed by atoms with Crippen LogP contribution in [0.1, 0.15) is 0 Å². The monoisotopic (exact) mass is 343 g/mol. The third-order valence-electron chi connectivity index (χ3n) is 1.59. The van der Waals surface area contributed by atoms with Crippen LogP contribution in [0.25, 0.3) is 0 Å². The van der Waals surface area contributed by atoms with Gasteiger partial charge in [0.1, 0.15) is 0 Å². The molecule has 0 aliphatic heterocycles. The Morgan fingerprint density at radius 2 is 2.33 bits per heavy atom. The number of para-hydroxylation sites is 1. The van der Waals surface area contributed by atoms with E-state index in [1.165, 1.54) is 12.1 Å². The first kappa shape index (κ1) is 12.6. The number of benzene rings is 1. The molecule has 0 saturated carbocycles. The van der Waals surface area contributed by atoms with Gasteiger partial charge in [-0.2, -0.15) is 4.39 Å². The molecule has 1 atom stereocenters. The Kier molecular flexibility index (Phi) is 5.17. The smallest absolute Gasteiger partial charge is 0.346 e. The molecule has 15 heavy (non-hydrogen) atoms. The summed E-state index contributed by atoms with van der Waals surface area (Å²) in [4.78, 5) is 9.79. The minimum Gasteiger partial charge on any atom is -0.486 e. The van der Waals surface area contributed by atoms with Crippen molar-refractivity contribution in [2.75, 3.05) is 12.8 Å². The molecule has 0 saturated heterocycles. The van der Waals surface area contributed by atoms with Gasteiger partial charge in [0.25, 0.3) is 0 Å². The number of hydrogen-bond acceptors (Lipinski definition) is 3. The normalized spacial score (nSPS) is 10.8. The summed E-state index contributed by atoms with van der Waals surface area (Å²) in [6.07, 6.45) is 1.48. The van der Waals surface area contributed by atoms with E-state index in [1.54, 1.807) is 0 Å². The molecular formula is C8H8FINO3P. The van der Waals surface area contributed by atoms with Crippen molar-refractivity contribution in [2.45, 2.75) is 0 Å². The lowest BCUT2D eigenvalue weighted by Crippen LogP contribution is -2.02. The number of ether oxygens (including phenoxy) is 1. The second-order valence-electron chi connectivity index (χ2n) is 2.58. The van der Waals surface area contributed by atoms with Crippen LogP contribution in [0.2, 0.25) is 0 Å². The van der Waals surface area contributed by atoms with Crippen molar-refractivity contribution in [1.82, 2.24) is 0 Å². The molecule has 1 rings (SSSR count). The van der Waals surface area contributed by atoms with Gasteiger partial charge in [-0.1, -0.05) is 34.3 Å². The van der Waals surface area contributed by atoms with Crippen LogP contribution in [0.4, 0.5) is 10.1 Å². The van der Waals surface area contributed by atoms with E-state index >= 15 is 0 Å². The van der Waals surface area contributed by atoms with Gasteiger partial charge < -0.3 is 4.74 Å². The van der Waals surface area contributed by atoms with Crippen molar-refractivity contribution in [1.29, 1.82) is 0 Å². The minimum absolute atomic E-state index is 0.00495. The number of halogens is 2. The number of nitro benzene ring substituents is 1. The van der Waals surface area contributed by atoms with Gasteiger partial charge in [0.2, 0.25) is 5.82 Å². The quantitative estimate of drug-likeness (QED) is 0.271. The first-order valence-electron chi connectivity index (χ1n) is 4.06. The van der Waals surface area contributed by atoms with Crippen molar-refractivity contribution >= 4 is 34.0 Å². The molecule has 1 unspecified atom stereocenters. The summed E-state index contributed by atoms with van der Waals surface area (Å²) < 4.78 is 18.2. The van der Waals surface area contributed by atoms with Gasteiger partial charge in [0, 0.05) is 6.16 Å². The zero-order valence-electron chi connectivity index (χ0n) is 7.57. The molecule has 1 aromatic rings. The van der Waals surface area contributed by atoms with Gasteiger partial charge in [0.15, 0.2) is 5.75 Å². The minimum atomic E-state index is -0.866. The van der Waals surface area contributed by atoms with E-state index < -0.39 is 16.4 Å². The van der Waals surface area contributed by atoms with Crippen molar-refractivity contribution in [3.05, 3.63) is 34.1 Å². The summed E-state index contributed by atoms with van der Waals surface area (Å²) in [7, 11) is 0. The lowest BCUT2D eigenvalue weighted by Gasteiger charge is -2.05. The number of rotatable bonds is 5. The fourth-order valence-electron chi connectivity index (χ4n) is 0.989. The maximum atomic E-state index is 13.1. The van der Waals surface area contributed by atoms with E-state index in [-0.39, 0.29) is 5.75 Å². The number of nitrogens with zero attached hydrogens (tertiary/aromatic N) is 1. The summed E-state index contributed by atoms with van der Waals surface area (Å²) >= 11 is 2.20. The zero-order valence-corrected chi connectivity index (χ0v) is 10.7. The molecule has 0 amide bonds. The topological polar surface area (TPSA) is 52.4 Å². The van der Waals surface area contributed by atoms with Gasteiger partial charge in [0.05, 0.1) is 11.5 Å². The van der Waals surface area contributed by atoms with E-state index in [1.807, 2.05) is 0 Å². The van der Waals surface area contributed by atoms with Crippen molar-refractivity contribution in [3.63, 3.8) is 0 Å². The van der Waals surface area contributed by atoms with Gasteiger partial charge >= 0.3 is 5.69 Å². The highest BCUT2D eigenvalue weighted by Crippen LogP contribution is 2.30. The first-order valence-corrected chi connectivity index (χ1v) is 8.38. The Labute approximate surface area is 101 Å². The Morgan fingerprint density at radius 3 is 2.93 bits per heavy atom. The predicted molar refractivity (Wildman–Crippen MR) is 65.8 cm³/mol. The van der Waals surface area contributed by atoms with Crippen molar-refractivity contribution in [3.8, 4) is 5.75 Å². The van der Waals surface area contributed by atoms with E-state index in [0.717, 1.165) is 12.2 Å². The van der Waals surface area contributed by atoms with Crippen LogP contribution >= 0.6 is 28.3 Å². The lowest BCUT2D eigenvalue weighted by molar-refractivity contribution is -0.388. The molecule has 0 radical (unpaired) electrons. The molecular weight excluding hydrogens is 335 g/mol. The molecule has 7 heteroatoms. The highest BCUT2D eigenvalue weighted by molar-refractivity contribution is 14.2. The van der Waals surface area contributed by atoms with E-state index in [4.69, 9.17) is 4.74 Å². The SMILES string of the molecule is O=[N+]([O-])c1c(F)cccc1OCCPI. The molecule has 1 aromatic carbocycles. The maximum absolute atomic E-state index is 13.1. The van der Waals surface area contributed by atoms with Gasteiger partial charge in [-0.05, 0) is 12.1 Å². The van der Waals surface area contributed by atoms with E-state index in [0.29, 0.717) is 12.8 Å². The summed E-state index contributed by atoms with van der Waals surface area (Å²) in [6.45, 7) is 0.367. The number of nitro groups is 1. The standard InChI is InChI=1S/C8H8FINO3P/c9-6-2-1-3-7(8(6)11(12)13)14-4-5-15-10/h1-3,15H,4-5H2. The Morgan fingerprint density at radius 1 is 1.60 bits per heavy atom. The highest BCUT2D eigenvalue weighted by atomic mass is 127. The zero-order chi connectivity index (χ0) is 11.3. The predicted octanol–water partition coefficient (Wildman–Crippen LogP) is 3.14. The molecule has 0 heterocycles. The summed E-state index contributed by atoms with van der Waals surface area (Å²) in [5.74, 6) is -0.871. The lowest BCUT2D eigenvalue weighted by atomic mass is 10.3. The molecule has 0 aliphatic carbocycles. The van der Waals surface area contributed by atoms with Crippen LogP contribution in [0.3, 0.4) is 0 Å². The second kappa shape index (κ2) is 6.17. The summed E-state index contributed by atoms with van der Waals surface area (Å²) in [5, 5.41) is 10.6. The largest absolute Gasteiger partial charge is 0.486 e. The molecule has 82 valence electrons. The molecule has 4 nitrogen and oxygen atoms in total. The van der Waals surface area contributed by atoms with Crippen molar-refractivity contribution in [2.24, 2.45) is 0 Å². The van der Waals surface area contributed by atoms with Crippen LogP contribution in [0.5, 0.6) is 5.75 Å². The van der Waals surface area contributed by atoms with Crippen LogP contribution < -0.4 is 4.74 Å². The van der Waals surface area contributed by atoms with E-state index in [9.17, 15) is 14.5 Å². The molecule has 0 N–H and O–H groups in total. The maximum Gasteiger partial charge on any atom is 0.346 e. The molecule has 0 spiro atoms. The first-order chi connectivity index (χ1) is 7.16. The Bertz CT molecular complexity index is 364. The second-order valence-corrected chi connectivity index (χ2v) is 5.63.